The molecule has 10 rings (SSSR count). The van der Waals surface area contributed by atoms with Gasteiger partial charge in [-0.25, -0.2) is 4.79 Å². The van der Waals surface area contributed by atoms with E-state index in [0.717, 1.165) is 37.7 Å². The number of esters is 2. The third-order valence-corrected chi connectivity index (χ3v) is 19.1. The van der Waals surface area contributed by atoms with Crippen LogP contribution in [0.5, 0.6) is 0 Å². The van der Waals surface area contributed by atoms with E-state index in [4.69, 9.17) is 56.8 Å². The van der Waals surface area contributed by atoms with Gasteiger partial charge >= 0.3 is 11.9 Å². The van der Waals surface area contributed by atoms with Gasteiger partial charge in [0.25, 0.3) is 0 Å². The van der Waals surface area contributed by atoms with Gasteiger partial charge < -0.3 is 72.2 Å². The van der Waals surface area contributed by atoms with Gasteiger partial charge in [-0.1, -0.05) is 88.8 Å². The average Bonchev–Trinajstić information content (AvgIpc) is 4.10. The van der Waals surface area contributed by atoms with Crippen molar-refractivity contribution >= 4 is 11.9 Å². The van der Waals surface area contributed by atoms with E-state index in [1.54, 1.807) is 40.2 Å². The monoisotopic (exact) mass is 1120 g/mol. The lowest BCUT2D eigenvalue weighted by Gasteiger charge is -2.48. The van der Waals surface area contributed by atoms with Crippen LogP contribution in [0, 0.1) is 29.6 Å². The third-order valence-electron chi connectivity index (χ3n) is 19.1. The zero-order valence-electron chi connectivity index (χ0n) is 49.3. The highest BCUT2D eigenvalue weighted by molar-refractivity contribution is 5.91. The van der Waals surface area contributed by atoms with Crippen molar-refractivity contribution in [2.75, 3.05) is 20.8 Å². The lowest BCUT2D eigenvalue weighted by molar-refractivity contribution is -0.318. The van der Waals surface area contributed by atoms with Gasteiger partial charge in [-0.15, -0.1) is 0 Å². The first-order valence-electron chi connectivity index (χ1n) is 29.6. The van der Waals surface area contributed by atoms with Gasteiger partial charge in [0.1, 0.15) is 54.2 Å². The fourth-order valence-electron chi connectivity index (χ4n) is 13.8. The van der Waals surface area contributed by atoms with Gasteiger partial charge in [0, 0.05) is 63.2 Å². The summed E-state index contributed by atoms with van der Waals surface area (Å²) in [6, 6.07) is 0. The molecular formula is C63H92O17. The van der Waals surface area contributed by atoms with Crippen molar-refractivity contribution in [1.29, 1.82) is 0 Å². The zero-order valence-corrected chi connectivity index (χ0v) is 49.3. The number of methoxy groups -OCH3 is 2. The molecule has 8 heterocycles. The molecule has 80 heavy (non-hydrogen) atoms. The van der Waals surface area contributed by atoms with Crippen molar-refractivity contribution < 1.29 is 81.8 Å². The van der Waals surface area contributed by atoms with Crippen LogP contribution in [-0.2, 0) is 66.4 Å². The number of allylic oxidation sites excluding steroid dienone is 4. The molecule has 6 saturated heterocycles. The van der Waals surface area contributed by atoms with Crippen LogP contribution in [0.2, 0.25) is 0 Å². The molecule has 17 heteroatoms. The maximum atomic E-state index is 14.3. The zero-order chi connectivity index (χ0) is 57.6. The minimum absolute atomic E-state index is 0.0317. The minimum Gasteiger partial charge on any atom is -0.462 e. The number of fused-ring (bicyclic) bond motifs is 5. The molecule has 2 bridgehead atoms. The highest BCUT2D eigenvalue weighted by atomic mass is 16.7. The van der Waals surface area contributed by atoms with Crippen molar-refractivity contribution in [3.05, 3.63) is 83.1 Å². The van der Waals surface area contributed by atoms with Crippen LogP contribution in [0.4, 0.5) is 0 Å². The van der Waals surface area contributed by atoms with E-state index in [2.05, 4.69) is 66.3 Å². The summed E-state index contributed by atoms with van der Waals surface area (Å²) in [5, 5.41) is 34.2. The topological polar surface area (TPSA) is 209 Å². The predicted octanol–water partition coefficient (Wildman–Crippen LogP) is 8.14. The standard InChI is InChI=1S/C48H72O14.C15H20O3/c1-11-25(2)43-28(5)17-18-47(62-43)23-34-20-33(61-47)16-15-27(4)42(26(3)13-12-14-32-24-55-45-40(49)29(6)19-35(46(51)58-34)48(32,45)52)59-39-22-37(54-10)44(31(8)57-39)60-38-21-36(53-9)41(50)30(7)56-38;1-9-5-4-8-15(3)13(18-15)12-11(7-6-9)10(2)14(16)17-12/h12-15,17-19,25-26,28,30-31,33-45,49-50,52H,11,16,20-24H2,1-10H3;5,11-13H,2,4,6-8H2,1,3H3. The first-order chi connectivity index (χ1) is 38.0. The van der Waals surface area contributed by atoms with Gasteiger partial charge in [0.05, 0.1) is 54.9 Å². The molecule has 1 spiro atoms. The first-order valence-corrected chi connectivity index (χ1v) is 29.6. The second kappa shape index (κ2) is 25.0. The SMILES string of the molecule is C=C1C(=O)OC2C1CCC(C)=CCCC1(C)OC21.CCC(C)C1OC2(C=CC1C)CC1CC(CC=C(C)C(OC3CC(OC)C(OC4CC(OC)C(O)C(C)O4)C(C)O3)C(C)C=CC=C3COC4C(O)C(C)=CC(C(=O)O1)C34O)O2. The number of carbonyl (C=O) groups is 2. The molecule has 17 nitrogen and oxygen atoms in total. The normalized spacial score (nSPS) is 46.2. The maximum absolute atomic E-state index is 14.3. The highest BCUT2D eigenvalue weighted by Gasteiger charge is 2.62. The number of hydrogen-bond donors (Lipinski definition) is 3. The molecule has 10 aliphatic rings. The number of carbonyl (C=O) groups excluding carboxylic acids is 2. The molecule has 6 fully saturated rings. The van der Waals surface area contributed by atoms with Crippen LogP contribution in [0.3, 0.4) is 0 Å². The van der Waals surface area contributed by atoms with Gasteiger partial charge in [-0.3, -0.25) is 4.79 Å². The van der Waals surface area contributed by atoms with Crippen molar-refractivity contribution in [2.24, 2.45) is 29.6 Å². The Morgan fingerprint density at radius 2 is 1.57 bits per heavy atom. The Labute approximate surface area is 474 Å². The van der Waals surface area contributed by atoms with E-state index in [1.807, 2.05) is 32.1 Å². The van der Waals surface area contributed by atoms with Crippen LogP contribution < -0.4 is 0 Å². The van der Waals surface area contributed by atoms with E-state index >= 15 is 0 Å². The summed E-state index contributed by atoms with van der Waals surface area (Å²) in [7, 11) is 3.22. The second-order valence-corrected chi connectivity index (χ2v) is 24.9. The van der Waals surface area contributed by atoms with Crippen molar-refractivity contribution in [2.45, 2.75) is 248 Å². The molecule has 8 aliphatic heterocycles. The molecule has 24 unspecified atom stereocenters. The van der Waals surface area contributed by atoms with Gasteiger partial charge in [0.2, 0.25) is 0 Å². The van der Waals surface area contributed by atoms with E-state index in [0.29, 0.717) is 48.8 Å². The first kappa shape index (κ1) is 61.2. The van der Waals surface area contributed by atoms with E-state index in [9.17, 15) is 24.9 Å². The molecule has 446 valence electrons. The molecule has 0 aromatic carbocycles. The van der Waals surface area contributed by atoms with Gasteiger partial charge in [0.15, 0.2) is 18.4 Å². The van der Waals surface area contributed by atoms with Crippen LogP contribution in [0.25, 0.3) is 0 Å². The number of aliphatic hydroxyl groups is 3. The number of aliphatic hydroxyl groups excluding tert-OH is 2. The number of hydrogen-bond acceptors (Lipinski definition) is 17. The van der Waals surface area contributed by atoms with Gasteiger partial charge in [-0.2, -0.15) is 0 Å². The minimum atomic E-state index is -1.84. The van der Waals surface area contributed by atoms with Crippen LogP contribution >= 0.6 is 0 Å². The van der Waals surface area contributed by atoms with Gasteiger partial charge in [-0.05, 0) is 102 Å². The smallest absolute Gasteiger partial charge is 0.334 e. The largest absolute Gasteiger partial charge is 0.462 e. The maximum Gasteiger partial charge on any atom is 0.334 e. The van der Waals surface area contributed by atoms with Crippen molar-refractivity contribution in [1.82, 2.24) is 0 Å². The molecule has 3 N–H and O–H groups in total. The summed E-state index contributed by atoms with van der Waals surface area (Å²) in [5.74, 6) is -2.67. The summed E-state index contributed by atoms with van der Waals surface area (Å²) >= 11 is 0. The fourth-order valence-corrected chi connectivity index (χ4v) is 13.8. The van der Waals surface area contributed by atoms with E-state index in [1.165, 1.54) is 5.57 Å². The Morgan fingerprint density at radius 3 is 2.31 bits per heavy atom. The number of epoxide rings is 1. The van der Waals surface area contributed by atoms with Crippen LogP contribution in [0.1, 0.15) is 133 Å². The highest BCUT2D eigenvalue weighted by Crippen LogP contribution is 2.51. The Hall–Kier alpha value is -3.40. The third kappa shape index (κ3) is 12.7. The van der Waals surface area contributed by atoms with Crippen LogP contribution in [-0.4, -0.2) is 163 Å². The summed E-state index contributed by atoms with van der Waals surface area (Å²) in [5.41, 5.74) is 2.05. The number of ether oxygens (including phenoxy) is 12. The Morgan fingerprint density at radius 1 is 0.850 bits per heavy atom. The Kier molecular flexibility index (Phi) is 19.2. The molecule has 2 aliphatic carbocycles. The molecule has 0 radical (unpaired) electrons. The molecule has 0 saturated carbocycles. The fraction of sp³-hybridized carbons (Fsp3) is 0.746. The summed E-state index contributed by atoms with van der Waals surface area (Å²) < 4.78 is 75.0. The molecular weight excluding hydrogens is 1030 g/mol. The van der Waals surface area contributed by atoms with E-state index < -0.39 is 90.8 Å². The summed E-state index contributed by atoms with van der Waals surface area (Å²) in [4.78, 5) is 26.0. The quantitative estimate of drug-likeness (QED) is 0.0907. The lowest BCUT2D eigenvalue weighted by Crippen LogP contribution is -2.58. The van der Waals surface area contributed by atoms with Crippen molar-refractivity contribution in [3.8, 4) is 0 Å². The molecule has 0 aromatic rings. The lowest BCUT2D eigenvalue weighted by atomic mass is 9.71. The van der Waals surface area contributed by atoms with Crippen LogP contribution in [0.15, 0.2) is 83.1 Å². The average molecular weight is 1120 g/mol. The summed E-state index contributed by atoms with van der Waals surface area (Å²) in [6.45, 7) is 24.3. The molecule has 24 atom stereocenters. The molecule has 0 amide bonds. The molecule has 0 aromatic heterocycles. The summed E-state index contributed by atoms with van der Waals surface area (Å²) in [6.07, 6.45) is 14.8. The van der Waals surface area contributed by atoms with Crippen molar-refractivity contribution in [3.63, 3.8) is 0 Å². The Bertz CT molecular complexity index is 2430. The number of rotatable bonds is 8. The van der Waals surface area contributed by atoms with E-state index in [-0.39, 0.29) is 72.4 Å². The Balaban J connectivity index is 0.000000361. The second-order valence-electron chi connectivity index (χ2n) is 24.9. The predicted molar refractivity (Wildman–Crippen MR) is 295 cm³/mol.